The van der Waals surface area contributed by atoms with E-state index < -0.39 is 23.5 Å². The second-order valence-corrected chi connectivity index (χ2v) is 6.82. The van der Waals surface area contributed by atoms with E-state index in [1.165, 1.54) is 6.92 Å². The Morgan fingerprint density at radius 3 is 2.39 bits per heavy atom. The summed E-state index contributed by atoms with van der Waals surface area (Å²) in [6, 6.07) is 6.98. The molecule has 152 valence electrons. The van der Waals surface area contributed by atoms with Gasteiger partial charge in [-0.15, -0.1) is 0 Å². The highest BCUT2D eigenvalue weighted by molar-refractivity contribution is 5.93. The first-order valence-electron chi connectivity index (χ1n) is 9.78. The number of hydrogen-bond acceptors (Lipinski definition) is 6. The summed E-state index contributed by atoms with van der Waals surface area (Å²) < 4.78 is 16.3. The normalized spacial score (nSPS) is 16.4. The van der Waals surface area contributed by atoms with Crippen LogP contribution in [0.15, 0.2) is 18.2 Å². The third-order valence-corrected chi connectivity index (χ3v) is 4.72. The Balaban J connectivity index is 2.04. The first-order valence-corrected chi connectivity index (χ1v) is 9.78. The van der Waals surface area contributed by atoms with Gasteiger partial charge in [0, 0.05) is 0 Å². The highest BCUT2D eigenvalue weighted by Gasteiger charge is 2.35. The van der Waals surface area contributed by atoms with Gasteiger partial charge in [0.25, 0.3) is 5.91 Å². The third kappa shape index (κ3) is 5.38. The Labute approximate surface area is 166 Å². The summed E-state index contributed by atoms with van der Waals surface area (Å²) in [6.07, 6.45) is 3.08. The fourth-order valence-corrected chi connectivity index (χ4v) is 3.22. The van der Waals surface area contributed by atoms with Gasteiger partial charge in [-0.2, -0.15) is 5.26 Å². The number of amides is 1. The zero-order valence-corrected chi connectivity index (χ0v) is 16.7. The van der Waals surface area contributed by atoms with Crippen molar-refractivity contribution in [3.05, 3.63) is 23.8 Å². The number of ether oxygens (including phenoxy) is 3. The Morgan fingerprint density at radius 2 is 1.79 bits per heavy atom. The number of nitrogens with zero attached hydrogens (tertiary/aromatic N) is 1. The molecule has 1 aliphatic carbocycles. The molecule has 0 aliphatic heterocycles. The van der Waals surface area contributed by atoms with Crippen LogP contribution in [0.4, 0.5) is 0 Å². The van der Waals surface area contributed by atoms with Crippen LogP contribution in [0.2, 0.25) is 0 Å². The maximum atomic E-state index is 12.5. The molecule has 7 heteroatoms. The summed E-state index contributed by atoms with van der Waals surface area (Å²) in [5, 5.41) is 12.3. The number of nitrogens with one attached hydrogen (secondary N) is 1. The molecule has 1 N–H and O–H groups in total. The Kier molecular flexibility index (Phi) is 7.68. The van der Waals surface area contributed by atoms with Gasteiger partial charge in [-0.3, -0.25) is 4.79 Å². The lowest BCUT2D eigenvalue weighted by Gasteiger charge is -2.32. The van der Waals surface area contributed by atoms with Crippen LogP contribution in [0, 0.1) is 11.3 Å². The van der Waals surface area contributed by atoms with Gasteiger partial charge in [-0.05, 0) is 51.8 Å². The Morgan fingerprint density at radius 1 is 1.14 bits per heavy atom. The molecule has 28 heavy (non-hydrogen) atoms. The molecule has 1 saturated carbocycles. The lowest BCUT2D eigenvalue weighted by molar-refractivity contribution is -0.130. The molecule has 7 nitrogen and oxygen atoms in total. The fraction of sp³-hybridized carbons (Fsp3) is 0.571. The van der Waals surface area contributed by atoms with E-state index in [0.29, 0.717) is 37.6 Å². The maximum Gasteiger partial charge on any atom is 0.339 e. The molecule has 1 amide bonds. The van der Waals surface area contributed by atoms with Crippen molar-refractivity contribution >= 4 is 11.9 Å². The molecule has 1 aromatic carbocycles. The quantitative estimate of drug-likeness (QED) is 0.686. The average molecular weight is 388 g/mol. The highest BCUT2D eigenvalue weighted by Crippen LogP contribution is 2.29. The monoisotopic (exact) mass is 388 g/mol. The van der Waals surface area contributed by atoms with Crippen LogP contribution < -0.4 is 14.8 Å². The molecule has 1 atom stereocenters. The second kappa shape index (κ2) is 9.98. The molecular weight excluding hydrogens is 360 g/mol. The highest BCUT2D eigenvalue weighted by atomic mass is 16.5. The molecule has 1 aliphatic rings. The lowest BCUT2D eigenvalue weighted by Crippen LogP contribution is -2.52. The van der Waals surface area contributed by atoms with Crippen LogP contribution in [0.1, 0.15) is 63.2 Å². The summed E-state index contributed by atoms with van der Waals surface area (Å²) >= 11 is 0. The zero-order valence-electron chi connectivity index (χ0n) is 16.7. The SMILES string of the molecule is CCOc1ccc(C(=O)O[C@H](C)C(=O)NC2(C#N)CCCCC2)cc1OCC. The van der Waals surface area contributed by atoms with Crippen LogP contribution in [0.5, 0.6) is 11.5 Å². The van der Waals surface area contributed by atoms with E-state index in [9.17, 15) is 14.9 Å². The van der Waals surface area contributed by atoms with Crippen molar-refractivity contribution < 1.29 is 23.8 Å². The summed E-state index contributed by atoms with van der Waals surface area (Å²) in [4.78, 5) is 24.9. The molecule has 2 rings (SSSR count). The van der Waals surface area contributed by atoms with E-state index in [2.05, 4.69) is 11.4 Å². The number of carbonyl (C=O) groups excluding carboxylic acids is 2. The van der Waals surface area contributed by atoms with Crippen LogP contribution in [0.3, 0.4) is 0 Å². The molecule has 0 unspecified atom stereocenters. The largest absolute Gasteiger partial charge is 0.490 e. The van der Waals surface area contributed by atoms with Gasteiger partial charge in [0.2, 0.25) is 0 Å². The van der Waals surface area contributed by atoms with Crippen molar-refractivity contribution in [1.82, 2.24) is 5.32 Å². The van der Waals surface area contributed by atoms with Gasteiger partial charge in [-0.25, -0.2) is 4.79 Å². The molecule has 0 heterocycles. The first-order chi connectivity index (χ1) is 13.4. The molecule has 0 saturated heterocycles. The average Bonchev–Trinajstić information content (AvgIpc) is 2.70. The predicted octanol–water partition coefficient (Wildman–Crippen LogP) is 3.37. The topological polar surface area (TPSA) is 97.6 Å². The fourth-order valence-electron chi connectivity index (χ4n) is 3.22. The van der Waals surface area contributed by atoms with Gasteiger partial charge in [0.15, 0.2) is 17.6 Å². The number of hydrogen-bond donors (Lipinski definition) is 1. The van der Waals surface area contributed by atoms with Crippen molar-refractivity contribution in [1.29, 1.82) is 5.26 Å². The molecule has 0 radical (unpaired) electrons. The van der Waals surface area contributed by atoms with Crippen molar-refractivity contribution in [2.75, 3.05) is 13.2 Å². The predicted molar refractivity (Wildman–Crippen MR) is 103 cm³/mol. The van der Waals surface area contributed by atoms with Gasteiger partial charge < -0.3 is 19.5 Å². The molecule has 1 aromatic rings. The van der Waals surface area contributed by atoms with Crippen LogP contribution >= 0.6 is 0 Å². The minimum absolute atomic E-state index is 0.263. The summed E-state index contributed by atoms with van der Waals surface area (Å²) in [5.74, 6) is -0.115. The van der Waals surface area contributed by atoms with E-state index in [4.69, 9.17) is 14.2 Å². The molecule has 1 fully saturated rings. The van der Waals surface area contributed by atoms with E-state index in [-0.39, 0.29) is 5.56 Å². The number of nitriles is 1. The maximum absolute atomic E-state index is 12.5. The van der Waals surface area contributed by atoms with Crippen molar-refractivity contribution in [2.45, 2.75) is 64.5 Å². The van der Waals surface area contributed by atoms with Crippen LogP contribution in [-0.4, -0.2) is 36.7 Å². The number of rotatable bonds is 8. The summed E-state index contributed by atoms with van der Waals surface area (Å²) in [5.41, 5.74) is -0.601. The van der Waals surface area contributed by atoms with Gasteiger partial charge in [-0.1, -0.05) is 19.3 Å². The van der Waals surface area contributed by atoms with E-state index >= 15 is 0 Å². The van der Waals surface area contributed by atoms with E-state index in [1.54, 1.807) is 18.2 Å². The molecular formula is C21H28N2O5. The van der Waals surface area contributed by atoms with Crippen LogP contribution in [0.25, 0.3) is 0 Å². The second-order valence-electron chi connectivity index (χ2n) is 6.82. The molecule has 0 bridgehead atoms. The smallest absolute Gasteiger partial charge is 0.339 e. The number of esters is 1. The standard InChI is InChI=1S/C21H28N2O5/c1-4-26-17-10-9-16(13-18(17)27-5-2)20(25)28-15(3)19(24)23-21(14-22)11-7-6-8-12-21/h9-10,13,15H,4-8,11-12H2,1-3H3,(H,23,24)/t15-/m1/s1. The minimum atomic E-state index is -1.01. The van der Waals surface area contributed by atoms with Gasteiger partial charge in [0.1, 0.15) is 5.54 Å². The van der Waals surface area contributed by atoms with Crippen molar-refractivity contribution in [2.24, 2.45) is 0 Å². The Hall–Kier alpha value is -2.75. The first kappa shape index (κ1) is 21.5. The third-order valence-electron chi connectivity index (χ3n) is 4.72. The molecule has 0 spiro atoms. The lowest BCUT2D eigenvalue weighted by atomic mass is 9.83. The van der Waals surface area contributed by atoms with Crippen molar-refractivity contribution in [3.8, 4) is 17.6 Å². The van der Waals surface area contributed by atoms with Gasteiger partial charge >= 0.3 is 5.97 Å². The number of carbonyl (C=O) groups is 2. The minimum Gasteiger partial charge on any atom is -0.490 e. The van der Waals surface area contributed by atoms with E-state index in [1.807, 2.05) is 13.8 Å². The zero-order chi connectivity index (χ0) is 20.6. The summed E-state index contributed by atoms with van der Waals surface area (Å²) in [7, 11) is 0. The van der Waals surface area contributed by atoms with Gasteiger partial charge in [0.05, 0.1) is 24.8 Å². The number of benzene rings is 1. The summed E-state index contributed by atoms with van der Waals surface area (Å²) in [6.45, 7) is 6.09. The molecule has 0 aromatic heterocycles. The Bertz CT molecular complexity index is 735. The van der Waals surface area contributed by atoms with E-state index in [0.717, 1.165) is 19.3 Å². The van der Waals surface area contributed by atoms with Crippen LogP contribution in [-0.2, 0) is 9.53 Å². The van der Waals surface area contributed by atoms with Crippen molar-refractivity contribution in [3.63, 3.8) is 0 Å².